The van der Waals surface area contributed by atoms with E-state index in [1.807, 2.05) is 0 Å². The Morgan fingerprint density at radius 1 is 1.36 bits per heavy atom. The quantitative estimate of drug-likeness (QED) is 0.726. The van der Waals surface area contributed by atoms with Crippen LogP contribution < -0.4 is 5.73 Å². The molecule has 0 aliphatic rings. The number of hydrogen-bond acceptors (Lipinski definition) is 2. The fraction of sp³-hybridized carbons (Fsp3) is 0.111. The highest BCUT2D eigenvalue weighted by Gasteiger charge is 2.20. The van der Waals surface area contributed by atoms with Crippen LogP contribution in [0.5, 0.6) is 0 Å². The standard InChI is InChI=1S/C9H6F3NS/c10-8-5(13)3-6-4(1-2-14-6)7(8)9(11)12/h1-3,9H,13H2. The lowest BCUT2D eigenvalue weighted by Gasteiger charge is -2.06. The Hall–Kier alpha value is -1.23. The molecule has 1 aromatic heterocycles. The number of alkyl halides is 2. The number of hydrogen-bond donors (Lipinski definition) is 1. The molecule has 0 aliphatic heterocycles. The maximum atomic E-state index is 13.3. The number of anilines is 1. The highest BCUT2D eigenvalue weighted by Crippen LogP contribution is 2.35. The summed E-state index contributed by atoms with van der Waals surface area (Å²) in [6.07, 6.45) is -2.84. The Morgan fingerprint density at radius 2 is 2.07 bits per heavy atom. The lowest BCUT2D eigenvalue weighted by molar-refractivity contribution is 0.148. The summed E-state index contributed by atoms with van der Waals surface area (Å²) in [6, 6.07) is 2.85. The Bertz CT molecular complexity index is 478. The summed E-state index contributed by atoms with van der Waals surface area (Å²) in [5.74, 6) is -1.01. The van der Waals surface area contributed by atoms with Gasteiger partial charge in [-0.2, -0.15) is 0 Å². The fourth-order valence-corrected chi connectivity index (χ4v) is 2.20. The predicted molar refractivity (Wildman–Crippen MR) is 51.2 cm³/mol. The van der Waals surface area contributed by atoms with Crippen LogP contribution in [0, 0.1) is 5.82 Å². The number of rotatable bonds is 1. The van der Waals surface area contributed by atoms with E-state index < -0.39 is 17.8 Å². The van der Waals surface area contributed by atoms with Crippen LogP contribution >= 0.6 is 11.3 Å². The first-order valence-corrected chi connectivity index (χ1v) is 4.72. The Kier molecular flexibility index (Phi) is 2.11. The number of fused-ring (bicyclic) bond motifs is 1. The van der Waals surface area contributed by atoms with Crippen molar-refractivity contribution in [1.29, 1.82) is 0 Å². The van der Waals surface area contributed by atoms with Crippen molar-refractivity contribution < 1.29 is 13.2 Å². The van der Waals surface area contributed by atoms with E-state index in [2.05, 4.69) is 0 Å². The predicted octanol–water partition coefficient (Wildman–Crippen LogP) is 3.56. The molecular weight excluding hydrogens is 211 g/mol. The van der Waals surface area contributed by atoms with Crippen molar-refractivity contribution in [2.45, 2.75) is 6.43 Å². The fourth-order valence-electron chi connectivity index (χ4n) is 1.35. The average molecular weight is 217 g/mol. The van der Waals surface area contributed by atoms with Crippen molar-refractivity contribution in [3.8, 4) is 0 Å². The van der Waals surface area contributed by atoms with Gasteiger partial charge in [0.25, 0.3) is 6.43 Å². The first-order chi connectivity index (χ1) is 6.61. The van der Waals surface area contributed by atoms with Gasteiger partial charge in [-0.25, -0.2) is 13.2 Å². The number of nitrogens with two attached hydrogens (primary N) is 1. The van der Waals surface area contributed by atoms with Gasteiger partial charge in [0.15, 0.2) is 5.82 Å². The molecule has 0 spiro atoms. The van der Waals surface area contributed by atoms with Gasteiger partial charge in [-0.1, -0.05) is 0 Å². The Labute approximate surface area is 82.0 Å². The second-order valence-corrected chi connectivity index (χ2v) is 3.77. The van der Waals surface area contributed by atoms with Crippen LogP contribution in [-0.4, -0.2) is 0 Å². The highest BCUT2D eigenvalue weighted by atomic mass is 32.1. The SMILES string of the molecule is Nc1cc2sccc2c(C(F)F)c1F. The van der Waals surface area contributed by atoms with Gasteiger partial charge in [-0.05, 0) is 17.5 Å². The highest BCUT2D eigenvalue weighted by molar-refractivity contribution is 7.17. The van der Waals surface area contributed by atoms with Gasteiger partial charge in [0, 0.05) is 10.1 Å². The zero-order valence-electron chi connectivity index (χ0n) is 6.93. The second-order valence-electron chi connectivity index (χ2n) is 2.83. The van der Waals surface area contributed by atoms with E-state index in [0.717, 1.165) is 0 Å². The third kappa shape index (κ3) is 1.24. The monoisotopic (exact) mass is 217 g/mol. The molecule has 2 N–H and O–H groups in total. The maximum Gasteiger partial charge on any atom is 0.267 e. The van der Waals surface area contributed by atoms with E-state index in [1.54, 1.807) is 5.38 Å². The molecule has 1 nitrogen and oxygen atoms in total. The third-order valence-corrected chi connectivity index (χ3v) is 2.84. The van der Waals surface area contributed by atoms with E-state index in [4.69, 9.17) is 5.73 Å². The number of nitrogen functional groups attached to an aromatic ring is 1. The molecule has 0 unspecified atom stereocenters. The molecule has 0 bridgehead atoms. The van der Waals surface area contributed by atoms with Gasteiger partial charge in [0.2, 0.25) is 0 Å². The van der Waals surface area contributed by atoms with E-state index in [-0.39, 0.29) is 11.1 Å². The third-order valence-electron chi connectivity index (χ3n) is 1.98. The molecule has 5 heteroatoms. The van der Waals surface area contributed by atoms with Crippen LogP contribution in [0.3, 0.4) is 0 Å². The molecule has 0 saturated carbocycles. The van der Waals surface area contributed by atoms with E-state index >= 15 is 0 Å². The van der Waals surface area contributed by atoms with Gasteiger partial charge in [0.05, 0.1) is 11.3 Å². The van der Waals surface area contributed by atoms with Crippen molar-refractivity contribution in [2.24, 2.45) is 0 Å². The molecule has 0 amide bonds. The molecule has 0 fully saturated rings. The molecule has 14 heavy (non-hydrogen) atoms. The van der Waals surface area contributed by atoms with E-state index in [0.29, 0.717) is 4.70 Å². The Balaban J connectivity index is 2.86. The molecule has 2 aromatic rings. The minimum atomic E-state index is -2.84. The van der Waals surface area contributed by atoms with Gasteiger partial charge in [-0.15, -0.1) is 11.3 Å². The molecule has 1 aromatic carbocycles. The summed E-state index contributed by atoms with van der Waals surface area (Å²) in [5, 5.41) is 1.88. The normalized spacial score (nSPS) is 11.4. The molecule has 2 rings (SSSR count). The molecule has 0 radical (unpaired) electrons. The van der Waals surface area contributed by atoms with Crippen molar-refractivity contribution in [3.05, 3.63) is 28.9 Å². The molecule has 0 saturated heterocycles. The largest absolute Gasteiger partial charge is 0.396 e. The van der Waals surface area contributed by atoms with Crippen molar-refractivity contribution in [1.82, 2.24) is 0 Å². The summed E-state index contributed by atoms with van der Waals surface area (Å²) in [4.78, 5) is 0. The van der Waals surface area contributed by atoms with Crippen LogP contribution in [0.1, 0.15) is 12.0 Å². The van der Waals surface area contributed by atoms with Gasteiger partial charge < -0.3 is 5.73 Å². The summed E-state index contributed by atoms with van der Waals surface area (Å²) >= 11 is 1.26. The van der Waals surface area contributed by atoms with Crippen molar-refractivity contribution in [3.63, 3.8) is 0 Å². The van der Waals surface area contributed by atoms with Crippen LogP contribution in [0.25, 0.3) is 10.1 Å². The Morgan fingerprint density at radius 3 is 2.71 bits per heavy atom. The van der Waals surface area contributed by atoms with E-state index in [1.165, 1.54) is 23.5 Å². The zero-order valence-corrected chi connectivity index (χ0v) is 7.75. The van der Waals surface area contributed by atoms with Gasteiger partial charge in [-0.3, -0.25) is 0 Å². The molecule has 0 atom stereocenters. The number of halogens is 3. The minimum Gasteiger partial charge on any atom is -0.396 e. The second kappa shape index (κ2) is 3.16. The molecule has 74 valence electrons. The van der Waals surface area contributed by atoms with Crippen LogP contribution in [-0.2, 0) is 0 Å². The van der Waals surface area contributed by atoms with Crippen LogP contribution in [0.4, 0.5) is 18.9 Å². The smallest absolute Gasteiger partial charge is 0.267 e. The van der Waals surface area contributed by atoms with Crippen LogP contribution in [0.15, 0.2) is 17.5 Å². The lowest BCUT2D eigenvalue weighted by atomic mass is 10.1. The number of thiophene rings is 1. The van der Waals surface area contributed by atoms with Crippen molar-refractivity contribution in [2.75, 3.05) is 5.73 Å². The van der Waals surface area contributed by atoms with Gasteiger partial charge >= 0.3 is 0 Å². The molecule has 1 heterocycles. The van der Waals surface area contributed by atoms with Gasteiger partial charge in [0.1, 0.15) is 0 Å². The summed E-state index contributed by atoms with van der Waals surface area (Å²) in [5.41, 5.74) is 4.46. The molecule has 0 aliphatic carbocycles. The zero-order chi connectivity index (χ0) is 10.3. The first-order valence-electron chi connectivity index (χ1n) is 3.84. The van der Waals surface area contributed by atoms with E-state index in [9.17, 15) is 13.2 Å². The lowest BCUT2D eigenvalue weighted by Crippen LogP contribution is -1.97. The van der Waals surface area contributed by atoms with Crippen LogP contribution in [0.2, 0.25) is 0 Å². The minimum absolute atomic E-state index is 0.227. The number of benzene rings is 1. The summed E-state index contributed by atoms with van der Waals surface area (Å²) < 4.78 is 38.9. The maximum absolute atomic E-state index is 13.3. The first kappa shape index (κ1) is 9.33. The topological polar surface area (TPSA) is 26.0 Å². The average Bonchev–Trinajstić information content (AvgIpc) is 2.52. The summed E-state index contributed by atoms with van der Waals surface area (Å²) in [7, 11) is 0. The molecular formula is C9H6F3NS. The van der Waals surface area contributed by atoms with Crippen molar-refractivity contribution >= 4 is 27.1 Å². The summed E-state index contributed by atoms with van der Waals surface area (Å²) in [6.45, 7) is 0.